The first-order valence-corrected chi connectivity index (χ1v) is 5.66. The predicted molar refractivity (Wildman–Crippen MR) is 56.1 cm³/mol. The zero-order chi connectivity index (χ0) is 10.2. The van der Waals surface area contributed by atoms with E-state index in [4.69, 9.17) is 0 Å². The van der Waals surface area contributed by atoms with E-state index in [-0.39, 0.29) is 11.4 Å². The van der Waals surface area contributed by atoms with Crippen molar-refractivity contribution in [1.29, 1.82) is 0 Å². The monoisotopic (exact) mass is 196 g/mol. The third kappa shape index (κ3) is 1.44. The molecule has 0 spiro atoms. The summed E-state index contributed by atoms with van der Waals surface area (Å²) >= 11 is 0. The van der Waals surface area contributed by atoms with Crippen molar-refractivity contribution in [2.45, 2.75) is 51.1 Å². The van der Waals surface area contributed by atoms with E-state index in [1.54, 1.807) is 6.92 Å². The third-order valence-corrected chi connectivity index (χ3v) is 3.87. The number of nitrogens with zero attached hydrogens (tertiary/aromatic N) is 1. The molecular formula is C11H20N2O. The molecule has 2 saturated heterocycles. The van der Waals surface area contributed by atoms with Gasteiger partial charge in [-0.15, -0.1) is 0 Å². The molecule has 1 N–H and O–H groups in total. The number of carbonyl (C=O) groups excluding carboxylic acids is 1. The van der Waals surface area contributed by atoms with Gasteiger partial charge in [0.25, 0.3) is 0 Å². The van der Waals surface area contributed by atoms with Crippen molar-refractivity contribution >= 4 is 5.91 Å². The van der Waals surface area contributed by atoms with Crippen LogP contribution >= 0.6 is 0 Å². The Hall–Kier alpha value is -0.570. The number of hydrogen-bond donors (Lipinski definition) is 1. The number of amides is 1. The lowest BCUT2D eigenvalue weighted by molar-refractivity contribution is -0.139. The first kappa shape index (κ1) is 9.97. The summed E-state index contributed by atoms with van der Waals surface area (Å²) < 4.78 is 0. The Morgan fingerprint density at radius 1 is 1.50 bits per heavy atom. The zero-order valence-corrected chi connectivity index (χ0v) is 9.18. The minimum absolute atomic E-state index is 0.0856. The van der Waals surface area contributed by atoms with Gasteiger partial charge in [0.15, 0.2) is 0 Å². The minimum Gasteiger partial charge on any atom is -0.336 e. The van der Waals surface area contributed by atoms with Gasteiger partial charge in [0, 0.05) is 19.5 Å². The Bertz CT molecular complexity index is 239. The highest BCUT2D eigenvalue weighted by Gasteiger charge is 2.44. The van der Waals surface area contributed by atoms with Crippen LogP contribution in [0, 0.1) is 0 Å². The maximum Gasteiger partial charge on any atom is 0.219 e. The molecule has 0 saturated carbocycles. The van der Waals surface area contributed by atoms with Crippen LogP contribution in [-0.4, -0.2) is 35.5 Å². The molecule has 0 bridgehead atoms. The molecule has 2 fully saturated rings. The van der Waals surface area contributed by atoms with Crippen LogP contribution in [0.4, 0.5) is 0 Å². The van der Waals surface area contributed by atoms with Gasteiger partial charge in [-0.25, -0.2) is 0 Å². The summed E-state index contributed by atoms with van der Waals surface area (Å²) in [6.07, 6.45) is 4.72. The summed E-state index contributed by atoms with van der Waals surface area (Å²) in [5.74, 6) is 0.237. The van der Waals surface area contributed by atoms with Crippen molar-refractivity contribution in [3.63, 3.8) is 0 Å². The molecule has 0 aromatic rings. The van der Waals surface area contributed by atoms with Gasteiger partial charge >= 0.3 is 0 Å². The van der Waals surface area contributed by atoms with Crippen LogP contribution < -0.4 is 5.32 Å². The Labute approximate surface area is 85.8 Å². The van der Waals surface area contributed by atoms with Gasteiger partial charge in [-0.2, -0.15) is 0 Å². The van der Waals surface area contributed by atoms with Gasteiger partial charge in [-0.1, -0.05) is 0 Å². The van der Waals surface area contributed by atoms with Gasteiger partial charge in [-0.3, -0.25) is 4.79 Å². The molecule has 0 aromatic carbocycles. The van der Waals surface area contributed by atoms with E-state index in [2.05, 4.69) is 17.1 Å². The van der Waals surface area contributed by atoms with Gasteiger partial charge in [0.05, 0.1) is 5.54 Å². The van der Waals surface area contributed by atoms with E-state index in [1.807, 2.05) is 0 Å². The maximum absolute atomic E-state index is 11.6. The number of likely N-dealkylation sites (tertiary alicyclic amines) is 1. The highest BCUT2D eigenvalue weighted by molar-refractivity contribution is 5.74. The summed E-state index contributed by atoms with van der Waals surface area (Å²) in [6.45, 7) is 6.00. The normalized spacial score (nSPS) is 37.9. The lowest BCUT2D eigenvalue weighted by Gasteiger charge is -2.52. The quantitative estimate of drug-likeness (QED) is 0.630. The van der Waals surface area contributed by atoms with Crippen molar-refractivity contribution < 1.29 is 4.79 Å². The van der Waals surface area contributed by atoms with E-state index < -0.39 is 0 Å². The molecule has 2 atom stereocenters. The van der Waals surface area contributed by atoms with Crippen molar-refractivity contribution in [1.82, 2.24) is 10.2 Å². The molecule has 3 heteroatoms. The molecular weight excluding hydrogens is 176 g/mol. The summed E-state index contributed by atoms with van der Waals surface area (Å²) in [5, 5.41) is 3.55. The topological polar surface area (TPSA) is 32.3 Å². The number of nitrogens with one attached hydrogen (secondary N) is 1. The molecule has 2 aliphatic rings. The predicted octanol–water partition coefficient (Wildman–Crippen LogP) is 1.14. The molecule has 14 heavy (non-hydrogen) atoms. The fourth-order valence-corrected chi connectivity index (χ4v) is 3.08. The third-order valence-electron chi connectivity index (χ3n) is 3.87. The Morgan fingerprint density at radius 3 is 3.00 bits per heavy atom. The van der Waals surface area contributed by atoms with Crippen LogP contribution in [0.1, 0.15) is 39.5 Å². The molecule has 2 aliphatic heterocycles. The summed E-state index contributed by atoms with van der Waals surface area (Å²) in [6, 6.07) is 0.522. The Kier molecular flexibility index (Phi) is 2.52. The second-order valence-corrected chi connectivity index (χ2v) is 4.78. The van der Waals surface area contributed by atoms with Crippen molar-refractivity contribution in [3.05, 3.63) is 0 Å². The highest BCUT2D eigenvalue weighted by atomic mass is 16.2. The van der Waals surface area contributed by atoms with Gasteiger partial charge in [-0.05, 0) is 39.2 Å². The molecule has 3 nitrogen and oxygen atoms in total. The smallest absolute Gasteiger partial charge is 0.219 e. The number of fused-ring (bicyclic) bond motifs is 1. The molecule has 0 aromatic heterocycles. The fraction of sp³-hybridized carbons (Fsp3) is 0.909. The van der Waals surface area contributed by atoms with Crippen molar-refractivity contribution in [2.24, 2.45) is 0 Å². The number of piperidine rings is 2. The van der Waals surface area contributed by atoms with E-state index in [0.29, 0.717) is 6.04 Å². The van der Waals surface area contributed by atoms with Crippen LogP contribution in [0.5, 0.6) is 0 Å². The first-order valence-electron chi connectivity index (χ1n) is 5.66. The SMILES string of the molecule is CC(=O)N1CCC[C@@H]2NCCC[C@@]21C. The molecule has 1 amide bonds. The standard InChI is InChI=1S/C11H20N2O/c1-9(14)13-8-3-5-10-11(13,2)6-4-7-12-10/h10,12H,3-8H2,1-2H3/t10-,11-/m0/s1. The van der Waals surface area contributed by atoms with Crippen molar-refractivity contribution in [3.8, 4) is 0 Å². The molecule has 0 radical (unpaired) electrons. The van der Waals surface area contributed by atoms with Crippen LogP contribution in [0.3, 0.4) is 0 Å². The minimum atomic E-state index is 0.0856. The highest BCUT2D eigenvalue weighted by Crippen LogP contribution is 2.34. The number of hydrogen-bond acceptors (Lipinski definition) is 2. The van der Waals surface area contributed by atoms with E-state index >= 15 is 0 Å². The van der Waals surface area contributed by atoms with Crippen LogP contribution in [0.15, 0.2) is 0 Å². The molecule has 2 rings (SSSR count). The van der Waals surface area contributed by atoms with E-state index in [9.17, 15) is 4.79 Å². The summed E-state index contributed by atoms with van der Waals surface area (Å²) in [4.78, 5) is 13.6. The van der Waals surface area contributed by atoms with Gasteiger partial charge in [0.2, 0.25) is 5.91 Å². The zero-order valence-electron chi connectivity index (χ0n) is 9.18. The van der Waals surface area contributed by atoms with Crippen LogP contribution in [0.25, 0.3) is 0 Å². The average Bonchev–Trinajstić information content (AvgIpc) is 2.15. The van der Waals surface area contributed by atoms with Crippen LogP contribution in [-0.2, 0) is 4.79 Å². The number of carbonyl (C=O) groups is 1. The van der Waals surface area contributed by atoms with Gasteiger partial charge < -0.3 is 10.2 Å². The summed E-state index contributed by atoms with van der Waals surface area (Å²) in [5.41, 5.74) is 0.0856. The first-order chi connectivity index (χ1) is 6.64. The molecule has 0 unspecified atom stereocenters. The average molecular weight is 196 g/mol. The van der Waals surface area contributed by atoms with E-state index in [0.717, 1.165) is 25.9 Å². The Morgan fingerprint density at radius 2 is 2.29 bits per heavy atom. The fourth-order valence-electron chi connectivity index (χ4n) is 3.08. The molecule has 0 aliphatic carbocycles. The van der Waals surface area contributed by atoms with Crippen LogP contribution in [0.2, 0.25) is 0 Å². The number of rotatable bonds is 0. The van der Waals surface area contributed by atoms with Gasteiger partial charge in [0.1, 0.15) is 0 Å². The maximum atomic E-state index is 11.6. The van der Waals surface area contributed by atoms with E-state index in [1.165, 1.54) is 12.8 Å². The summed E-state index contributed by atoms with van der Waals surface area (Å²) in [7, 11) is 0. The lowest BCUT2D eigenvalue weighted by atomic mass is 9.77. The second kappa shape index (κ2) is 3.54. The lowest BCUT2D eigenvalue weighted by Crippen LogP contribution is -2.66. The second-order valence-electron chi connectivity index (χ2n) is 4.78. The molecule has 80 valence electrons. The Balaban J connectivity index is 2.21. The molecule has 2 heterocycles. The van der Waals surface area contributed by atoms with Crippen molar-refractivity contribution in [2.75, 3.05) is 13.1 Å². The largest absolute Gasteiger partial charge is 0.336 e.